The van der Waals surface area contributed by atoms with E-state index < -0.39 is 0 Å². The highest BCUT2D eigenvalue weighted by Crippen LogP contribution is 2.28. The van der Waals surface area contributed by atoms with Crippen LogP contribution in [-0.4, -0.2) is 11.5 Å². The smallest absolute Gasteiger partial charge is 0.134 e. The van der Waals surface area contributed by atoms with Crippen LogP contribution < -0.4 is 5.32 Å². The fourth-order valence-electron chi connectivity index (χ4n) is 2.47. The molecule has 2 aromatic heterocycles. The van der Waals surface area contributed by atoms with Crippen LogP contribution in [0.1, 0.15) is 36.4 Å². The van der Waals surface area contributed by atoms with Gasteiger partial charge in [0.05, 0.1) is 6.04 Å². The van der Waals surface area contributed by atoms with Gasteiger partial charge in [-0.25, -0.2) is 0 Å². The monoisotopic (exact) mass is 280 g/mol. The van der Waals surface area contributed by atoms with Crippen molar-refractivity contribution in [3.63, 3.8) is 0 Å². The molecule has 0 aliphatic carbocycles. The van der Waals surface area contributed by atoms with Gasteiger partial charge >= 0.3 is 0 Å². The number of aryl methyl sites for hydroxylation is 1. The van der Waals surface area contributed by atoms with Crippen LogP contribution in [0.2, 0.25) is 0 Å². The van der Waals surface area contributed by atoms with Crippen LogP contribution in [0.25, 0.3) is 11.0 Å². The van der Waals surface area contributed by atoms with Gasteiger partial charge in [-0.05, 0) is 43.7 Å². The molecule has 0 amide bonds. The fourth-order valence-corrected chi connectivity index (χ4v) is 2.47. The Kier molecular flexibility index (Phi) is 4.02. The van der Waals surface area contributed by atoms with Gasteiger partial charge in [0, 0.05) is 17.3 Å². The maximum Gasteiger partial charge on any atom is 0.134 e. The number of furan rings is 1. The minimum absolute atomic E-state index is 0.0467. The Morgan fingerprint density at radius 2 is 2.05 bits per heavy atom. The van der Waals surface area contributed by atoms with E-state index in [1.807, 2.05) is 37.4 Å². The van der Waals surface area contributed by atoms with Gasteiger partial charge < -0.3 is 9.73 Å². The third kappa shape index (κ3) is 2.98. The van der Waals surface area contributed by atoms with Crippen molar-refractivity contribution in [1.82, 2.24) is 10.3 Å². The zero-order valence-corrected chi connectivity index (χ0v) is 12.5. The van der Waals surface area contributed by atoms with Gasteiger partial charge in [-0.3, -0.25) is 4.98 Å². The van der Waals surface area contributed by atoms with Crippen LogP contribution in [0.3, 0.4) is 0 Å². The van der Waals surface area contributed by atoms with Gasteiger partial charge in [0.15, 0.2) is 0 Å². The highest BCUT2D eigenvalue weighted by molar-refractivity contribution is 5.77. The topological polar surface area (TPSA) is 38.1 Å². The van der Waals surface area contributed by atoms with Gasteiger partial charge in [0.25, 0.3) is 0 Å². The first-order chi connectivity index (χ1) is 10.3. The summed E-state index contributed by atoms with van der Waals surface area (Å²) >= 11 is 0. The van der Waals surface area contributed by atoms with Crippen molar-refractivity contribution in [2.45, 2.75) is 26.3 Å². The van der Waals surface area contributed by atoms with Crippen molar-refractivity contribution in [3.05, 3.63) is 65.7 Å². The van der Waals surface area contributed by atoms with Gasteiger partial charge in [-0.15, -0.1) is 0 Å². The second-order valence-electron chi connectivity index (χ2n) is 5.31. The average molecular weight is 280 g/mol. The number of para-hydroxylation sites is 1. The zero-order valence-electron chi connectivity index (χ0n) is 12.5. The molecule has 1 N–H and O–H groups in total. The Morgan fingerprint density at radius 3 is 2.76 bits per heavy atom. The molecule has 3 heteroatoms. The van der Waals surface area contributed by atoms with Crippen molar-refractivity contribution in [3.8, 4) is 0 Å². The number of fused-ring (bicyclic) bond motifs is 1. The molecule has 0 radical (unpaired) electrons. The van der Waals surface area contributed by atoms with E-state index >= 15 is 0 Å². The predicted molar refractivity (Wildman–Crippen MR) is 85.3 cm³/mol. The molecule has 0 saturated heterocycles. The lowest BCUT2D eigenvalue weighted by Gasteiger charge is -2.16. The molecular weight excluding hydrogens is 260 g/mol. The van der Waals surface area contributed by atoms with Gasteiger partial charge in [0.2, 0.25) is 0 Å². The number of pyridine rings is 1. The molecular formula is C18H20N2O. The lowest BCUT2D eigenvalue weighted by molar-refractivity contribution is 0.469. The van der Waals surface area contributed by atoms with Crippen LogP contribution >= 0.6 is 0 Å². The molecule has 2 heterocycles. The summed E-state index contributed by atoms with van der Waals surface area (Å²) in [7, 11) is 0. The molecule has 0 fully saturated rings. The highest BCUT2D eigenvalue weighted by atomic mass is 16.3. The van der Waals surface area contributed by atoms with E-state index in [-0.39, 0.29) is 6.04 Å². The number of benzene rings is 1. The van der Waals surface area contributed by atoms with Crippen LogP contribution in [0.15, 0.2) is 53.1 Å². The number of hydrogen-bond acceptors (Lipinski definition) is 3. The van der Waals surface area contributed by atoms with Crippen LogP contribution in [0.5, 0.6) is 0 Å². The molecule has 1 aromatic carbocycles. The lowest BCUT2D eigenvalue weighted by Crippen LogP contribution is -2.22. The quantitative estimate of drug-likeness (QED) is 0.760. The van der Waals surface area contributed by atoms with Gasteiger partial charge in [-0.1, -0.05) is 31.2 Å². The van der Waals surface area contributed by atoms with E-state index in [0.29, 0.717) is 0 Å². The number of rotatable bonds is 5. The van der Waals surface area contributed by atoms with E-state index in [1.54, 1.807) is 0 Å². The summed E-state index contributed by atoms with van der Waals surface area (Å²) in [5.41, 5.74) is 3.08. The number of hydrogen-bond donors (Lipinski definition) is 1. The Balaban J connectivity index is 1.99. The van der Waals surface area contributed by atoms with Crippen molar-refractivity contribution in [2.24, 2.45) is 0 Å². The third-order valence-corrected chi connectivity index (χ3v) is 3.60. The third-order valence-electron chi connectivity index (χ3n) is 3.60. The van der Waals surface area contributed by atoms with Crippen LogP contribution in [0, 0.1) is 6.92 Å². The summed E-state index contributed by atoms with van der Waals surface area (Å²) in [5.74, 6) is 0.940. The van der Waals surface area contributed by atoms with E-state index in [2.05, 4.69) is 35.4 Å². The highest BCUT2D eigenvalue weighted by Gasteiger charge is 2.18. The van der Waals surface area contributed by atoms with Gasteiger partial charge in [-0.2, -0.15) is 0 Å². The van der Waals surface area contributed by atoms with E-state index in [0.717, 1.165) is 41.0 Å². The van der Waals surface area contributed by atoms with Crippen LogP contribution in [0.4, 0.5) is 0 Å². The van der Waals surface area contributed by atoms with E-state index in [1.165, 1.54) is 0 Å². The maximum absolute atomic E-state index is 6.02. The van der Waals surface area contributed by atoms with Gasteiger partial charge in [0.1, 0.15) is 11.3 Å². The standard InChI is InChI=1S/C18H20N2O/c1-3-10-19-18(15-9-8-13(2)20-12-15)17-11-14-6-4-5-7-16(14)21-17/h4-9,11-12,18-19H,3,10H2,1-2H3. The molecule has 3 aromatic rings. The molecule has 108 valence electrons. The number of nitrogens with zero attached hydrogens (tertiary/aromatic N) is 1. The summed E-state index contributed by atoms with van der Waals surface area (Å²) in [6, 6.07) is 14.4. The predicted octanol–water partition coefficient (Wildman–Crippen LogP) is 4.23. The molecule has 3 rings (SSSR count). The number of aromatic nitrogens is 1. The lowest BCUT2D eigenvalue weighted by atomic mass is 10.1. The van der Waals surface area contributed by atoms with E-state index in [4.69, 9.17) is 4.42 Å². The molecule has 0 saturated carbocycles. The minimum atomic E-state index is 0.0467. The molecule has 21 heavy (non-hydrogen) atoms. The van der Waals surface area contributed by atoms with Crippen molar-refractivity contribution < 1.29 is 4.42 Å². The number of nitrogens with one attached hydrogen (secondary N) is 1. The first kappa shape index (κ1) is 13.8. The Morgan fingerprint density at radius 1 is 1.19 bits per heavy atom. The van der Waals surface area contributed by atoms with Crippen molar-refractivity contribution >= 4 is 11.0 Å². The van der Waals surface area contributed by atoms with Crippen molar-refractivity contribution in [1.29, 1.82) is 0 Å². The second kappa shape index (κ2) is 6.10. The first-order valence-electron chi connectivity index (χ1n) is 7.42. The first-order valence-corrected chi connectivity index (χ1v) is 7.42. The Bertz CT molecular complexity index is 682. The van der Waals surface area contributed by atoms with E-state index in [9.17, 15) is 0 Å². The average Bonchev–Trinajstić information content (AvgIpc) is 2.93. The zero-order chi connectivity index (χ0) is 14.7. The maximum atomic E-state index is 6.02. The van der Waals surface area contributed by atoms with Crippen molar-refractivity contribution in [2.75, 3.05) is 6.54 Å². The molecule has 3 nitrogen and oxygen atoms in total. The second-order valence-corrected chi connectivity index (χ2v) is 5.31. The normalized spacial score (nSPS) is 12.7. The molecule has 0 aliphatic heterocycles. The minimum Gasteiger partial charge on any atom is -0.459 e. The summed E-state index contributed by atoms with van der Waals surface area (Å²) in [6.45, 7) is 5.10. The fraction of sp³-hybridized carbons (Fsp3) is 0.278. The largest absolute Gasteiger partial charge is 0.459 e. The Hall–Kier alpha value is -2.13. The molecule has 1 unspecified atom stereocenters. The van der Waals surface area contributed by atoms with Crippen LogP contribution in [-0.2, 0) is 0 Å². The summed E-state index contributed by atoms with van der Waals surface area (Å²) in [5, 5.41) is 4.68. The Labute approximate surface area is 125 Å². The molecule has 0 spiro atoms. The summed E-state index contributed by atoms with van der Waals surface area (Å²) < 4.78 is 6.02. The summed E-state index contributed by atoms with van der Waals surface area (Å²) in [4.78, 5) is 4.41. The summed E-state index contributed by atoms with van der Waals surface area (Å²) in [6.07, 6.45) is 3.01. The SMILES string of the molecule is CCCNC(c1ccc(C)nc1)c1cc2ccccc2o1. The molecule has 0 bridgehead atoms. The molecule has 1 atom stereocenters. The molecule has 0 aliphatic rings.